The lowest BCUT2D eigenvalue weighted by Crippen LogP contribution is -1.87. The summed E-state index contributed by atoms with van der Waals surface area (Å²) in [7, 11) is 0. The summed E-state index contributed by atoms with van der Waals surface area (Å²) in [5, 5.41) is 3.56. The van der Waals surface area contributed by atoms with Crippen LogP contribution in [0.5, 0.6) is 0 Å². The van der Waals surface area contributed by atoms with Crippen LogP contribution in [-0.2, 0) is 0 Å². The first-order valence-corrected chi connectivity index (χ1v) is 9.41. The van der Waals surface area contributed by atoms with Gasteiger partial charge in [0.2, 0.25) is 0 Å². The van der Waals surface area contributed by atoms with Gasteiger partial charge in [0.25, 0.3) is 0 Å². The van der Waals surface area contributed by atoms with E-state index in [0.29, 0.717) is 0 Å². The van der Waals surface area contributed by atoms with Crippen LogP contribution in [0.3, 0.4) is 0 Å². The van der Waals surface area contributed by atoms with Crippen molar-refractivity contribution in [2.45, 2.75) is 4.83 Å². The Balaban J connectivity index is 2.12. The average Bonchev–Trinajstić information content (AvgIpc) is 2.95. The highest BCUT2D eigenvalue weighted by molar-refractivity contribution is 9.11. The number of hydrogen-bond donors (Lipinski definition) is 0. The second-order valence-corrected chi connectivity index (χ2v) is 8.96. The Labute approximate surface area is 138 Å². The van der Waals surface area contributed by atoms with Crippen molar-refractivity contribution in [1.29, 1.82) is 0 Å². The molecule has 2 aromatic heterocycles. The predicted octanol–water partition coefficient (Wildman–Crippen LogP) is 6.97. The van der Waals surface area contributed by atoms with Gasteiger partial charge in [-0.05, 0) is 66.4 Å². The lowest BCUT2D eigenvalue weighted by molar-refractivity contribution is 1.27. The van der Waals surface area contributed by atoms with E-state index in [1.54, 1.807) is 22.7 Å². The standard InChI is InChI=1S/C13H7Br3S2/c14-9-3-1-2-7-8(6-17-13(7)9)12(16)10-4-5-11(15)18-10/h1-6,12H. The summed E-state index contributed by atoms with van der Waals surface area (Å²) in [5.41, 5.74) is 1.34. The van der Waals surface area contributed by atoms with Crippen LogP contribution in [0, 0.1) is 0 Å². The molecule has 0 amide bonds. The molecule has 3 aromatic rings. The maximum absolute atomic E-state index is 3.81. The minimum Gasteiger partial charge on any atom is -0.142 e. The Morgan fingerprint density at radius 1 is 1.06 bits per heavy atom. The Kier molecular flexibility index (Phi) is 3.97. The van der Waals surface area contributed by atoms with E-state index in [4.69, 9.17) is 0 Å². The van der Waals surface area contributed by atoms with Gasteiger partial charge in [-0.25, -0.2) is 0 Å². The molecule has 18 heavy (non-hydrogen) atoms. The van der Waals surface area contributed by atoms with Gasteiger partial charge >= 0.3 is 0 Å². The van der Waals surface area contributed by atoms with Gasteiger partial charge < -0.3 is 0 Å². The Morgan fingerprint density at radius 2 is 1.89 bits per heavy atom. The molecule has 0 saturated carbocycles. The highest BCUT2D eigenvalue weighted by Crippen LogP contribution is 2.43. The van der Waals surface area contributed by atoms with Gasteiger partial charge in [-0.2, -0.15) is 0 Å². The number of benzene rings is 1. The van der Waals surface area contributed by atoms with Crippen molar-refractivity contribution in [1.82, 2.24) is 0 Å². The molecule has 0 radical (unpaired) electrons. The molecular weight excluding hydrogens is 460 g/mol. The van der Waals surface area contributed by atoms with Gasteiger partial charge in [0.1, 0.15) is 0 Å². The molecule has 1 unspecified atom stereocenters. The molecule has 0 aliphatic heterocycles. The van der Waals surface area contributed by atoms with Gasteiger partial charge in [0, 0.05) is 14.0 Å². The average molecular weight is 467 g/mol. The monoisotopic (exact) mass is 464 g/mol. The van der Waals surface area contributed by atoms with E-state index in [0.717, 1.165) is 0 Å². The molecular formula is C13H7Br3S2. The summed E-state index contributed by atoms with van der Waals surface area (Å²) in [6, 6.07) is 10.6. The van der Waals surface area contributed by atoms with Crippen molar-refractivity contribution in [3.8, 4) is 0 Å². The Morgan fingerprint density at radius 3 is 2.61 bits per heavy atom. The number of thiophene rings is 2. The third-order valence-electron chi connectivity index (χ3n) is 2.70. The topological polar surface area (TPSA) is 0 Å². The highest BCUT2D eigenvalue weighted by atomic mass is 79.9. The normalized spacial score (nSPS) is 13.1. The summed E-state index contributed by atoms with van der Waals surface area (Å²) in [6.45, 7) is 0. The van der Waals surface area contributed by atoms with Gasteiger partial charge in [-0.3, -0.25) is 0 Å². The lowest BCUT2D eigenvalue weighted by atomic mass is 10.1. The van der Waals surface area contributed by atoms with E-state index in [1.165, 1.54) is 28.8 Å². The fourth-order valence-electron chi connectivity index (χ4n) is 1.86. The van der Waals surface area contributed by atoms with E-state index < -0.39 is 0 Å². The molecule has 1 aromatic carbocycles. The second-order valence-electron chi connectivity index (χ2n) is 3.81. The van der Waals surface area contributed by atoms with Gasteiger partial charge in [-0.1, -0.05) is 28.1 Å². The van der Waals surface area contributed by atoms with Crippen molar-refractivity contribution < 1.29 is 0 Å². The first-order valence-electron chi connectivity index (χ1n) is 5.21. The molecule has 0 bridgehead atoms. The highest BCUT2D eigenvalue weighted by Gasteiger charge is 2.17. The van der Waals surface area contributed by atoms with Crippen LogP contribution in [0.15, 0.2) is 44.0 Å². The van der Waals surface area contributed by atoms with Crippen LogP contribution in [0.1, 0.15) is 15.3 Å². The molecule has 92 valence electrons. The zero-order valence-electron chi connectivity index (χ0n) is 8.99. The molecule has 0 N–H and O–H groups in total. The molecule has 0 fully saturated rings. The summed E-state index contributed by atoms with van der Waals surface area (Å²) >= 11 is 14.5. The largest absolute Gasteiger partial charge is 0.142 e. The minimum absolute atomic E-state index is 0.261. The van der Waals surface area contributed by atoms with Crippen LogP contribution >= 0.6 is 70.5 Å². The quantitative estimate of drug-likeness (QED) is 0.357. The van der Waals surface area contributed by atoms with Crippen LogP contribution in [0.4, 0.5) is 0 Å². The first-order chi connectivity index (χ1) is 8.66. The molecule has 0 spiro atoms. The van der Waals surface area contributed by atoms with E-state index in [2.05, 4.69) is 83.5 Å². The molecule has 1 atom stereocenters. The number of halogens is 3. The summed E-state index contributed by atoms with van der Waals surface area (Å²) < 4.78 is 3.65. The van der Waals surface area contributed by atoms with Crippen molar-refractivity contribution in [2.75, 3.05) is 0 Å². The maximum Gasteiger partial charge on any atom is 0.0752 e. The molecule has 0 nitrogen and oxygen atoms in total. The summed E-state index contributed by atoms with van der Waals surface area (Å²) in [6.07, 6.45) is 0. The Hall–Kier alpha value is 0.320. The van der Waals surface area contributed by atoms with Crippen molar-refractivity contribution in [3.63, 3.8) is 0 Å². The molecule has 5 heteroatoms. The SMILES string of the molecule is Brc1ccc(C(Br)c2csc3c(Br)cccc23)s1. The van der Waals surface area contributed by atoms with E-state index in [1.807, 2.05) is 0 Å². The third kappa shape index (κ3) is 2.36. The van der Waals surface area contributed by atoms with Crippen LogP contribution < -0.4 is 0 Å². The maximum atomic E-state index is 3.81. The number of alkyl halides is 1. The van der Waals surface area contributed by atoms with Crippen LogP contribution in [-0.4, -0.2) is 0 Å². The van der Waals surface area contributed by atoms with Crippen molar-refractivity contribution in [3.05, 3.63) is 54.4 Å². The van der Waals surface area contributed by atoms with Gasteiger partial charge in [-0.15, -0.1) is 22.7 Å². The van der Waals surface area contributed by atoms with Gasteiger partial charge in [0.05, 0.1) is 8.61 Å². The fraction of sp³-hybridized carbons (Fsp3) is 0.0769. The minimum atomic E-state index is 0.261. The molecule has 2 heterocycles. The summed E-state index contributed by atoms with van der Waals surface area (Å²) in [5.74, 6) is 0. The van der Waals surface area contributed by atoms with Crippen LogP contribution in [0.25, 0.3) is 10.1 Å². The van der Waals surface area contributed by atoms with Crippen molar-refractivity contribution >= 4 is 80.5 Å². The fourth-order valence-corrected chi connectivity index (χ4v) is 5.91. The molecule has 3 rings (SSSR count). The third-order valence-corrected chi connectivity index (χ3v) is 7.65. The van der Waals surface area contributed by atoms with Crippen LogP contribution in [0.2, 0.25) is 0 Å². The molecule has 0 aliphatic carbocycles. The second kappa shape index (κ2) is 5.37. The Bertz CT molecular complexity index is 699. The van der Waals surface area contributed by atoms with E-state index in [9.17, 15) is 0 Å². The van der Waals surface area contributed by atoms with E-state index in [-0.39, 0.29) is 4.83 Å². The zero-order valence-corrected chi connectivity index (χ0v) is 15.4. The van der Waals surface area contributed by atoms with E-state index >= 15 is 0 Å². The number of hydrogen-bond acceptors (Lipinski definition) is 2. The van der Waals surface area contributed by atoms with Crippen molar-refractivity contribution in [2.24, 2.45) is 0 Å². The smallest absolute Gasteiger partial charge is 0.0752 e. The number of rotatable bonds is 2. The summed E-state index contributed by atoms with van der Waals surface area (Å²) in [4.78, 5) is 1.58. The lowest BCUT2D eigenvalue weighted by Gasteiger charge is -2.06. The zero-order chi connectivity index (χ0) is 12.7. The molecule has 0 saturated heterocycles. The predicted molar refractivity (Wildman–Crippen MR) is 92.3 cm³/mol. The van der Waals surface area contributed by atoms with Gasteiger partial charge in [0.15, 0.2) is 0 Å². The molecule has 0 aliphatic rings. The first kappa shape index (κ1) is 13.3. The number of fused-ring (bicyclic) bond motifs is 1.